The maximum Gasteiger partial charge on any atom is 0.309 e. The number of carbonyl (C=O) groups excluding carboxylic acids is 1. The Hall–Kier alpha value is -2.73. The lowest BCUT2D eigenvalue weighted by atomic mass is 10.0. The fraction of sp³-hybridized carbons (Fsp3) is 0.300. The van der Waals surface area contributed by atoms with Crippen LogP contribution in [-0.2, 0) is 11.3 Å². The predicted molar refractivity (Wildman–Crippen MR) is 95.2 cm³/mol. The number of nitrogens with one attached hydrogen (secondary N) is 1. The van der Waals surface area contributed by atoms with Crippen LogP contribution in [0.3, 0.4) is 0 Å². The fourth-order valence-electron chi connectivity index (χ4n) is 3.32. The molecule has 1 heterocycles. The lowest BCUT2D eigenvalue weighted by Crippen LogP contribution is -2.43. The molecule has 2 atom stereocenters. The van der Waals surface area contributed by atoms with Crippen molar-refractivity contribution in [3.8, 4) is 0 Å². The number of likely N-dealkylation sites (tertiary alicyclic amines) is 1. The summed E-state index contributed by atoms with van der Waals surface area (Å²) in [4.78, 5) is 26.0. The van der Waals surface area contributed by atoms with E-state index in [9.17, 15) is 19.1 Å². The zero-order valence-corrected chi connectivity index (χ0v) is 14.5. The number of carboxylic acid groups (broad SMARTS) is 1. The van der Waals surface area contributed by atoms with Crippen molar-refractivity contribution < 1.29 is 19.1 Å². The topological polar surface area (TPSA) is 69.6 Å². The van der Waals surface area contributed by atoms with Gasteiger partial charge < -0.3 is 10.4 Å². The predicted octanol–water partition coefficient (Wildman–Crippen LogP) is 2.45. The number of hydrogen-bond donors (Lipinski definition) is 2. The Kier molecular flexibility index (Phi) is 5.32. The zero-order valence-electron chi connectivity index (χ0n) is 14.5. The molecule has 0 aliphatic carbocycles. The molecule has 1 amide bonds. The van der Waals surface area contributed by atoms with E-state index < -0.39 is 29.7 Å². The van der Waals surface area contributed by atoms with Gasteiger partial charge in [-0.25, -0.2) is 4.39 Å². The minimum atomic E-state index is -0.962. The van der Waals surface area contributed by atoms with E-state index in [1.165, 1.54) is 6.07 Å². The number of amides is 1. The van der Waals surface area contributed by atoms with Crippen molar-refractivity contribution in [2.45, 2.75) is 19.5 Å². The largest absolute Gasteiger partial charge is 0.481 e. The van der Waals surface area contributed by atoms with Gasteiger partial charge in [0.25, 0.3) is 5.91 Å². The number of aryl methyl sites for hydroxylation is 1. The van der Waals surface area contributed by atoms with Crippen molar-refractivity contribution in [3.05, 3.63) is 71.0 Å². The van der Waals surface area contributed by atoms with Crippen LogP contribution in [0, 0.1) is 18.7 Å². The number of benzene rings is 2. The lowest BCUT2D eigenvalue weighted by Gasteiger charge is -2.18. The quantitative estimate of drug-likeness (QED) is 0.863. The van der Waals surface area contributed by atoms with Gasteiger partial charge in [-0.05, 0) is 24.1 Å². The van der Waals surface area contributed by atoms with Crippen LogP contribution >= 0.6 is 0 Å². The standard InChI is InChI=1S/C20H21FN2O3/c1-13-6-5-9-15(18(13)21)19(24)22-17-12-23(11-16(17)20(25)26)10-14-7-3-2-4-8-14/h2-9,16-17H,10-12H2,1H3,(H,22,24)(H,25,26). The van der Waals surface area contributed by atoms with Gasteiger partial charge in [-0.15, -0.1) is 0 Å². The van der Waals surface area contributed by atoms with Gasteiger partial charge in [0.1, 0.15) is 5.82 Å². The molecule has 0 saturated carbocycles. The van der Waals surface area contributed by atoms with Crippen molar-refractivity contribution in [2.24, 2.45) is 5.92 Å². The van der Waals surface area contributed by atoms with E-state index in [2.05, 4.69) is 5.32 Å². The first kappa shape index (κ1) is 18.1. The van der Waals surface area contributed by atoms with Gasteiger partial charge >= 0.3 is 5.97 Å². The Morgan fingerprint density at radius 3 is 2.58 bits per heavy atom. The summed E-state index contributed by atoms with van der Waals surface area (Å²) in [6.07, 6.45) is 0. The van der Waals surface area contributed by atoms with Crippen LogP contribution in [0.5, 0.6) is 0 Å². The molecule has 26 heavy (non-hydrogen) atoms. The van der Waals surface area contributed by atoms with Crippen molar-refractivity contribution in [3.63, 3.8) is 0 Å². The summed E-state index contributed by atoms with van der Waals surface area (Å²) < 4.78 is 14.2. The number of hydrogen-bond acceptors (Lipinski definition) is 3. The molecular formula is C20H21FN2O3. The molecule has 5 nitrogen and oxygen atoms in total. The van der Waals surface area contributed by atoms with E-state index >= 15 is 0 Å². The van der Waals surface area contributed by atoms with E-state index in [1.54, 1.807) is 19.1 Å². The van der Waals surface area contributed by atoms with E-state index in [-0.39, 0.29) is 5.56 Å². The third-order valence-electron chi connectivity index (χ3n) is 4.71. The summed E-state index contributed by atoms with van der Waals surface area (Å²) in [5, 5.41) is 12.2. The summed E-state index contributed by atoms with van der Waals surface area (Å²) in [5.41, 5.74) is 1.40. The van der Waals surface area contributed by atoms with Crippen molar-refractivity contribution in [1.82, 2.24) is 10.2 Å². The molecule has 136 valence electrons. The Balaban J connectivity index is 1.72. The fourth-order valence-corrected chi connectivity index (χ4v) is 3.32. The molecule has 0 bridgehead atoms. The van der Waals surface area contributed by atoms with Gasteiger partial charge in [0.05, 0.1) is 17.5 Å². The Bertz CT molecular complexity index is 810. The van der Waals surface area contributed by atoms with Crippen LogP contribution in [-0.4, -0.2) is 41.0 Å². The lowest BCUT2D eigenvalue weighted by molar-refractivity contribution is -0.141. The second-order valence-corrected chi connectivity index (χ2v) is 6.64. The van der Waals surface area contributed by atoms with E-state index in [0.717, 1.165) is 5.56 Å². The molecule has 2 aromatic rings. The minimum absolute atomic E-state index is 0.0596. The smallest absolute Gasteiger partial charge is 0.309 e. The van der Waals surface area contributed by atoms with Crippen molar-refractivity contribution >= 4 is 11.9 Å². The van der Waals surface area contributed by atoms with Crippen molar-refractivity contribution in [1.29, 1.82) is 0 Å². The van der Waals surface area contributed by atoms with Crippen LogP contribution in [0.1, 0.15) is 21.5 Å². The molecule has 0 radical (unpaired) electrons. The Morgan fingerprint density at radius 2 is 1.88 bits per heavy atom. The highest BCUT2D eigenvalue weighted by atomic mass is 19.1. The maximum absolute atomic E-state index is 14.2. The highest BCUT2D eigenvalue weighted by Crippen LogP contribution is 2.21. The molecule has 1 saturated heterocycles. The van der Waals surface area contributed by atoms with Crippen LogP contribution in [0.2, 0.25) is 0 Å². The molecule has 2 aromatic carbocycles. The number of rotatable bonds is 5. The van der Waals surface area contributed by atoms with Crippen molar-refractivity contribution in [2.75, 3.05) is 13.1 Å². The first-order valence-electron chi connectivity index (χ1n) is 8.50. The average Bonchev–Trinajstić information content (AvgIpc) is 3.00. The van der Waals surface area contributed by atoms with Crippen LogP contribution in [0.25, 0.3) is 0 Å². The summed E-state index contributed by atoms with van der Waals surface area (Å²) in [6, 6.07) is 13.8. The summed E-state index contributed by atoms with van der Waals surface area (Å²) in [6.45, 7) is 2.94. The van der Waals surface area contributed by atoms with E-state index in [0.29, 0.717) is 25.2 Å². The molecule has 3 rings (SSSR count). The van der Waals surface area contributed by atoms with E-state index in [1.807, 2.05) is 35.2 Å². The highest BCUT2D eigenvalue weighted by molar-refractivity contribution is 5.95. The van der Waals surface area contributed by atoms with Crippen LogP contribution < -0.4 is 5.32 Å². The van der Waals surface area contributed by atoms with Crippen LogP contribution in [0.15, 0.2) is 48.5 Å². The molecule has 1 fully saturated rings. The number of carbonyl (C=O) groups is 2. The molecule has 1 aliphatic rings. The van der Waals surface area contributed by atoms with Gasteiger partial charge in [-0.1, -0.05) is 42.5 Å². The van der Waals surface area contributed by atoms with Gasteiger partial charge in [-0.2, -0.15) is 0 Å². The normalized spacial score (nSPS) is 20.1. The summed E-state index contributed by atoms with van der Waals surface area (Å²) in [7, 11) is 0. The number of carboxylic acids is 1. The molecule has 0 aromatic heterocycles. The summed E-state index contributed by atoms with van der Waals surface area (Å²) in [5.74, 6) is -2.84. The molecule has 6 heteroatoms. The molecule has 0 spiro atoms. The minimum Gasteiger partial charge on any atom is -0.481 e. The Labute approximate surface area is 151 Å². The van der Waals surface area contributed by atoms with Gasteiger partial charge in [0.15, 0.2) is 0 Å². The second kappa shape index (κ2) is 7.66. The number of nitrogens with zero attached hydrogens (tertiary/aromatic N) is 1. The highest BCUT2D eigenvalue weighted by Gasteiger charge is 2.38. The first-order chi connectivity index (χ1) is 12.5. The number of aliphatic carboxylic acids is 1. The van der Waals surface area contributed by atoms with Gasteiger partial charge in [0.2, 0.25) is 0 Å². The van der Waals surface area contributed by atoms with Gasteiger partial charge in [-0.3, -0.25) is 14.5 Å². The second-order valence-electron chi connectivity index (χ2n) is 6.64. The van der Waals surface area contributed by atoms with E-state index in [4.69, 9.17) is 0 Å². The Morgan fingerprint density at radius 1 is 1.15 bits per heavy atom. The molecular weight excluding hydrogens is 335 g/mol. The maximum atomic E-state index is 14.2. The molecule has 2 N–H and O–H groups in total. The molecule has 2 unspecified atom stereocenters. The monoisotopic (exact) mass is 356 g/mol. The summed E-state index contributed by atoms with van der Waals surface area (Å²) >= 11 is 0. The van der Waals surface area contributed by atoms with Gasteiger partial charge in [0, 0.05) is 19.6 Å². The third kappa shape index (κ3) is 3.91. The zero-order chi connectivity index (χ0) is 18.7. The molecule has 1 aliphatic heterocycles. The third-order valence-corrected chi connectivity index (χ3v) is 4.71. The first-order valence-corrected chi connectivity index (χ1v) is 8.50. The average molecular weight is 356 g/mol. The van der Waals surface area contributed by atoms with Crippen LogP contribution in [0.4, 0.5) is 4.39 Å². The SMILES string of the molecule is Cc1cccc(C(=O)NC2CN(Cc3ccccc3)CC2C(=O)O)c1F. The number of halogens is 1.